The molecule has 0 N–H and O–H groups in total. The average Bonchev–Trinajstić information content (AvgIpc) is 2.62. The number of benzene rings is 2. The molecular formula is C19H20ClNO3. The van der Waals surface area contributed by atoms with Gasteiger partial charge in [-0.1, -0.05) is 41.9 Å². The third-order valence-corrected chi connectivity index (χ3v) is 4.69. The van der Waals surface area contributed by atoms with Crippen molar-refractivity contribution in [3.63, 3.8) is 0 Å². The van der Waals surface area contributed by atoms with Crippen molar-refractivity contribution in [3.05, 3.63) is 64.2 Å². The summed E-state index contributed by atoms with van der Waals surface area (Å²) in [5.74, 6) is 0.924. The van der Waals surface area contributed by atoms with Gasteiger partial charge in [0.1, 0.15) is 5.75 Å². The zero-order valence-electron chi connectivity index (χ0n) is 13.4. The summed E-state index contributed by atoms with van der Waals surface area (Å²) in [6.45, 7) is 4.15. The summed E-state index contributed by atoms with van der Waals surface area (Å²) >= 11 is 6.27. The summed E-state index contributed by atoms with van der Waals surface area (Å²) in [6, 6.07) is 14.3. The second-order valence-corrected chi connectivity index (χ2v) is 6.61. The fraction of sp³-hybridized carbons (Fsp3) is 0.368. The molecule has 0 radical (unpaired) electrons. The minimum absolute atomic E-state index is 0.110. The van der Waals surface area contributed by atoms with Crippen molar-refractivity contribution in [2.75, 3.05) is 26.5 Å². The Bertz CT molecular complexity index is 707. The molecule has 0 saturated carbocycles. The molecule has 2 aromatic carbocycles. The van der Waals surface area contributed by atoms with Gasteiger partial charge in [0.2, 0.25) is 0 Å². The molecular weight excluding hydrogens is 326 g/mol. The van der Waals surface area contributed by atoms with Crippen molar-refractivity contribution in [2.45, 2.75) is 19.3 Å². The Morgan fingerprint density at radius 3 is 2.92 bits per heavy atom. The van der Waals surface area contributed by atoms with Crippen LogP contribution in [0.1, 0.15) is 22.8 Å². The summed E-state index contributed by atoms with van der Waals surface area (Å²) in [4.78, 5) is 2.39. The zero-order valence-corrected chi connectivity index (χ0v) is 14.2. The van der Waals surface area contributed by atoms with Crippen LogP contribution in [-0.2, 0) is 22.6 Å². The van der Waals surface area contributed by atoms with E-state index in [1.165, 1.54) is 5.56 Å². The van der Waals surface area contributed by atoms with Crippen molar-refractivity contribution in [3.8, 4) is 5.75 Å². The Balaban J connectivity index is 1.52. The van der Waals surface area contributed by atoms with Crippen LogP contribution in [0, 0.1) is 0 Å². The third kappa shape index (κ3) is 3.42. The van der Waals surface area contributed by atoms with Crippen LogP contribution in [0.5, 0.6) is 5.75 Å². The fourth-order valence-corrected chi connectivity index (χ4v) is 3.59. The number of morpholine rings is 1. The second kappa shape index (κ2) is 7.11. The summed E-state index contributed by atoms with van der Waals surface area (Å²) in [7, 11) is 0. The molecule has 24 heavy (non-hydrogen) atoms. The summed E-state index contributed by atoms with van der Waals surface area (Å²) in [5, 5.41) is 0.728. The van der Waals surface area contributed by atoms with Crippen LogP contribution >= 0.6 is 11.6 Å². The molecule has 1 fully saturated rings. The van der Waals surface area contributed by atoms with E-state index in [0.717, 1.165) is 48.1 Å². The predicted octanol–water partition coefficient (Wildman–Crippen LogP) is 3.78. The smallest absolute Gasteiger partial charge is 0.189 e. The van der Waals surface area contributed by atoms with Crippen LogP contribution < -0.4 is 4.74 Å². The molecule has 0 bridgehead atoms. The lowest BCUT2D eigenvalue weighted by Gasteiger charge is -2.34. The number of nitrogens with zero attached hydrogens (tertiary/aromatic N) is 1. The number of fused-ring (bicyclic) bond motifs is 1. The highest BCUT2D eigenvalue weighted by Crippen LogP contribution is 2.33. The van der Waals surface area contributed by atoms with Gasteiger partial charge in [-0.05, 0) is 17.7 Å². The zero-order chi connectivity index (χ0) is 16.4. The Morgan fingerprint density at radius 2 is 2.04 bits per heavy atom. The molecule has 0 spiro atoms. The normalized spacial score (nSPS) is 21.1. The number of ether oxygens (including phenoxy) is 3. The minimum atomic E-state index is 0.110. The Morgan fingerprint density at radius 1 is 1.17 bits per heavy atom. The van der Waals surface area contributed by atoms with Gasteiger partial charge in [-0.3, -0.25) is 4.90 Å². The molecule has 5 heteroatoms. The van der Waals surface area contributed by atoms with Crippen LogP contribution in [0.4, 0.5) is 0 Å². The van der Waals surface area contributed by atoms with Gasteiger partial charge in [0.05, 0.1) is 19.3 Å². The first-order valence-corrected chi connectivity index (χ1v) is 8.58. The van der Waals surface area contributed by atoms with Crippen molar-refractivity contribution < 1.29 is 14.2 Å². The van der Waals surface area contributed by atoms with E-state index < -0.39 is 0 Å². The van der Waals surface area contributed by atoms with E-state index in [1.54, 1.807) is 0 Å². The number of rotatable bonds is 3. The molecule has 0 unspecified atom stereocenters. The van der Waals surface area contributed by atoms with Crippen LogP contribution in [0.25, 0.3) is 0 Å². The SMILES string of the molecule is Clc1cc2c(c(CN3CCO[C@@H](c4ccccc4)C3)c1)OCOC2. The molecule has 2 aromatic rings. The van der Waals surface area contributed by atoms with Crippen LogP contribution in [0.3, 0.4) is 0 Å². The largest absolute Gasteiger partial charge is 0.467 e. The maximum absolute atomic E-state index is 6.27. The molecule has 4 nitrogen and oxygen atoms in total. The molecule has 0 aliphatic carbocycles. The van der Waals surface area contributed by atoms with Crippen molar-refractivity contribution in [1.82, 2.24) is 4.90 Å². The highest BCUT2D eigenvalue weighted by atomic mass is 35.5. The monoisotopic (exact) mass is 345 g/mol. The molecule has 126 valence electrons. The highest BCUT2D eigenvalue weighted by molar-refractivity contribution is 6.30. The van der Waals surface area contributed by atoms with Gasteiger partial charge in [0, 0.05) is 35.8 Å². The molecule has 4 rings (SSSR count). The lowest BCUT2D eigenvalue weighted by atomic mass is 10.1. The lowest BCUT2D eigenvalue weighted by molar-refractivity contribution is -0.0354. The molecule has 2 aliphatic rings. The van der Waals surface area contributed by atoms with E-state index in [0.29, 0.717) is 13.4 Å². The van der Waals surface area contributed by atoms with Gasteiger partial charge >= 0.3 is 0 Å². The average molecular weight is 346 g/mol. The van der Waals surface area contributed by atoms with Crippen LogP contribution in [-0.4, -0.2) is 31.4 Å². The van der Waals surface area contributed by atoms with E-state index in [4.69, 9.17) is 25.8 Å². The first kappa shape index (κ1) is 15.9. The van der Waals surface area contributed by atoms with Crippen LogP contribution in [0.2, 0.25) is 5.02 Å². The maximum Gasteiger partial charge on any atom is 0.189 e. The lowest BCUT2D eigenvalue weighted by Crippen LogP contribution is -2.38. The van der Waals surface area contributed by atoms with E-state index >= 15 is 0 Å². The molecule has 2 heterocycles. The minimum Gasteiger partial charge on any atom is -0.467 e. The summed E-state index contributed by atoms with van der Waals surface area (Å²) in [6.07, 6.45) is 0.110. The number of halogens is 1. The first-order chi connectivity index (χ1) is 11.8. The Labute approximate surface area is 146 Å². The van der Waals surface area contributed by atoms with Gasteiger partial charge in [-0.25, -0.2) is 0 Å². The van der Waals surface area contributed by atoms with Crippen LogP contribution in [0.15, 0.2) is 42.5 Å². The van der Waals surface area contributed by atoms with Crippen molar-refractivity contribution >= 4 is 11.6 Å². The third-order valence-electron chi connectivity index (χ3n) is 4.47. The molecule has 0 aromatic heterocycles. The highest BCUT2D eigenvalue weighted by Gasteiger charge is 2.24. The molecule has 2 aliphatic heterocycles. The number of hydrogen-bond acceptors (Lipinski definition) is 4. The van der Waals surface area contributed by atoms with Gasteiger partial charge in [0.25, 0.3) is 0 Å². The maximum atomic E-state index is 6.27. The van der Waals surface area contributed by atoms with Gasteiger partial charge in [0.15, 0.2) is 6.79 Å². The number of hydrogen-bond donors (Lipinski definition) is 0. The van der Waals surface area contributed by atoms with Crippen molar-refractivity contribution in [1.29, 1.82) is 0 Å². The predicted molar refractivity (Wildman–Crippen MR) is 92.1 cm³/mol. The van der Waals surface area contributed by atoms with Gasteiger partial charge < -0.3 is 14.2 Å². The summed E-state index contributed by atoms with van der Waals surface area (Å²) < 4.78 is 17.0. The van der Waals surface area contributed by atoms with Crippen molar-refractivity contribution in [2.24, 2.45) is 0 Å². The van der Waals surface area contributed by atoms with Gasteiger partial charge in [-0.15, -0.1) is 0 Å². The van der Waals surface area contributed by atoms with E-state index in [-0.39, 0.29) is 6.10 Å². The van der Waals surface area contributed by atoms with E-state index in [2.05, 4.69) is 29.2 Å². The molecule has 1 atom stereocenters. The first-order valence-electron chi connectivity index (χ1n) is 8.20. The Kier molecular flexibility index (Phi) is 4.72. The van der Waals surface area contributed by atoms with E-state index in [1.807, 2.05) is 18.2 Å². The molecule has 1 saturated heterocycles. The topological polar surface area (TPSA) is 30.9 Å². The van der Waals surface area contributed by atoms with E-state index in [9.17, 15) is 0 Å². The second-order valence-electron chi connectivity index (χ2n) is 6.17. The fourth-order valence-electron chi connectivity index (χ4n) is 3.33. The Hall–Kier alpha value is -1.59. The summed E-state index contributed by atoms with van der Waals surface area (Å²) in [5.41, 5.74) is 3.37. The molecule has 0 amide bonds. The standard InChI is InChI=1S/C19H20ClNO3/c20-17-8-15(19-16(9-17)12-22-13-24-19)10-21-6-7-23-18(11-21)14-4-2-1-3-5-14/h1-5,8-9,18H,6-7,10-13H2/t18-/m1/s1. The quantitative estimate of drug-likeness (QED) is 0.847. The van der Waals surface area contributed by atoms with Gasteiger partial charge in [-0.2, -0.15) is 0 Å².